The number of ether oxygens (including phenoxy) is 2. The van der Waals surface area contributed by atoms with E-state index >= 15 is 0 Å². The van der Waals surface area contributed by atoms with Gasteiger partial charge in [0.1, 0.15) is 23.1 Å². The van der Waals surface area contributed by atoms with Gasteiger partial charge in [-0.25, -0.2) is 4.79 Å². The first-order chi connectivity index (χ1) is 14.7. The Morgan fingerprint density at radius 3 is 2.77 bits per heavy atom. The molecule has 3 atom stereocenters. The van der Waals surface area contributed by atoms with Crippen LogP contribution in [-0.2, 0) is 11.2 Å². The second kappa shape index (κ2) is 8.61. The van der Waals surface area contributed by atoms with Gasteiger partial charge in [0.15, 0.2) is 0 Å². The molecular formula is C27H39NO3. The van der Waals surface area contributed by atoms with E-state index in [1.54, 1.807) is 0 Å². The van der Waals surface area contributed by atoms with E-state index in [1.165, 1.54) is 24.0 Å². The molecule has 0 bridgehead atoms. The Morgan fingerprint density at radius 1 is 1.26 bits per heavy atom. The quantitative estimate of drug-likeness (QED) is 0.260. The predicted octanol–water partition coefficient (Wildman–Crippen LogP) is 6.08. The van der Waals surface area contributed by atoms with Crippen molar-refractivity contribution in [3.63, 3.8) is 0 Å². The number of benzene rings is 1. The van der Waals surface area contributed by atoms with E-state index in [1.807, 2.05) is 0 Å². The standard InChI is InChI=1S/C27H39NO3/c1-6-7-8-10-19-16-22(30-25(29)21-11-9-14-28-21)24-20-15-18(2)12-13-27(20,5)26(3,4)31-23(24)17-19/h15-17,20-21,28H,6-14H2,1-5H3/t20-,21?,27+/m0/s1. The van der Waals surface area contributed by atoms with E-state index in [0.29, 0.717) is 5.75 Å². The molecule has 1 fully saturated rings. The highest BCUT2D eigenvalue weighted by molar-refractivity contribution is 5.79. The zero-order valence-electron chi connectivity index (χ0n) is 20.0. The number of carbonyl (C=O) groups is 1. The molecule has 0 radical (unpaired) electrons. The van der Waals surface area contributed by atoms with Crippen molar-refractivity contribution in [2.24, 2.45) is 5.41 Å². The number of hydrogen-bond acceptors (Lipinski definition) is 4. The fraction of sp³-hybridized carbons (Fsp3) is 0.667. The molecule has 31 heavy (non-hydrogen) atoms. The Morgan fingerprint density at radius 2 is 2.06 bits per heavy atom. The molecule has 4 heteroatoms. The number of nitrogens with one attached hydrogen (secondary N) is 1. The van der Waals surface area contributed by atoms with Crippen molar-refractivity contribution in [2.45, 2.75) is 104 Å². The van der Waals surface area contributed by atoms with Gasteiger partial charge in [0.2, 0.25) is 0 Å². The van der Waals surface area contributed by atoms with Crippen LogP contribution in [0, 0.1) is 5.41 Å². The van der Waals surface area contributed by atoms with Crippen LogP contribution in [0.3, 0.4) is 0 Å². The van der Waals surface area contributed by atoms with Gasteiger partial charge in [0.25, 0.3) is 0 Å². The number of carbonyl (C=O) groups excluding carboxylic acids is 1. The summed E-state index contributed by atoms with van der Waals surface area (Å²) >= 11 is 0. The molecule has 1 saturated heterocycles. The summed E-state index contributed by atoms with van der Waals surface area (Å²) in [4.78, 5) is 13.0. The molecule has 0 saturated carbocycles. The smallest absolute Gasteiger partial charge is 0.328 e. The molecule has 4 nitrogen and oxygen atoms in total. The summed E-state index contributed by atoms with van der Waals surface area (Å²) in [5, 5.41) is 3.28. The summed E-state index contributed by atoms with van der Waals surface area (Å²) in [6, 6.07) is 4.12. The molecule has 4 rings (SSSR count). The second-order valence-electron chi connectivity index (χ2n) is 10.6. The molecule has 0 aromatic heterocycles. The molecule has 1 N–H and O–H groups in total. The maximum Gasteiger partial charge on any atom is 0.328 e. The van der Waals surface area contributed by atoms with Crippen LogP contribution in [0.1, 0.15) is 96.6 Å². The largest absolute Gasteiger partial charge is 0.487 e. The van der Waals surface area contributed by atoms with Gasteiger partial charge in [-0.1, -0.05) is 38.3 Å². The Bertz CT molecular complexity index is 865. The van der Waals surface area contributed by atoms with Crippen molar-refractivity contribution >= 4 is 5.97 Å². The van der Waals surface area contributed by atoms with Crippen LogP contribution < -0.4 is 14.8 Å². The first-order valence-electron chi connectivity index (χ1n) is 12.2. The van der Waals surface area contributed by atoms with Crippen LogP contribution in [-0.4, -0.2) is 24.2 Å². The SMILES string of the molecule is CCCCCc1cc(OC(=O)C2CCCN2)c2c(c1)OC(C)(C)[C@]1(C)CCC(C)=C[C@@H]21. The fourth-order valence-corrected chi connectivity index (χ4v) is 5.55. The highest BCUT2D eigenvalue weighted by atomic mass is 16.5. The monoisotopic (exact) mass is 425 g/mol. The highest BCUT2D eigenvalue weighted by Gasteiger charge is 2.54. The van der Waals surface area contributed by atoms with E-state index in [9.17, 15) is 4.79 Å². The van der Waals surface area contributed by atoms with Crippen LogP contribution in [0.15, 0.2) is 23.8 Å². The average molecular weight is 426 g/mol. The average Bonchev–Trinajstić information content (AvgIpc) is 3.24. The van der Waals surface area contributed by atoms with Gasteiger partial charge in [-0.15, -0.1) is 0 Å². The predicted molar refractivity (Wildman–Crippen MR) is 125 cm³/mol. The minimum absolute atomic E-state index is 0.0456. The first-order valence-corrected chi connectivity index (χ1v) is 12.2. The molecular weight excluding hydrogens is 386 g/mol. The van der Waals surface area contributed by atoms with Crippen LogP contribution in [0.2, 0.25) is 0 Å². The van der Waals surface area contributed by atoms with Crippen molar-refractivity contribution in [2.75, 3.05) is 6.54 Å². The van der Waals surface area contributed by atoms with Gasteiger partial charge in [0.05, 0.1) is 0 Å². The van der Waals surface area contributed by atoms with Crippen LogP contribution in [0.5, 0.6) is 11.5 Å². The van der Waals surface area contributed by atoms with Crippen molar-refractivity contribution in [1.29, 1.82) is 0 Å². The van der Waals surface area contributed by atoms with Crippen molar-refractivity contribution in [3.8, 4) is 11.5 Å². The van der Waals surface area contributed by atoms with Crippen molar-refractivity contribution in [3.05, 3.63) is 34.9 Å². The van der Waals surface area contributed by atoms with E-state index in [4.69, 9.17) is 9.47 Å². The molecule has 170 valence electrons. The zero-order valence-corrected chi connectivity index (χ0v) is 20.0. The van der Waals surface area contributed by atoms with Crippen LogP contribution >= 0.6 is 0 Å². The third kappa shape index (κ3) is 4.16. The second-order valence-corrected chi connectivity index (χ2v) is 10.6. The minimum Gasteiger partial charge on any atom is -0.487 e. The number of fused-ring (bicyclic) bond motifs is 3. The molecule has 1 unspecified atom stereocenters. The van der Waals surface area contributed by atoms with Gasteiger partial charge in [-0.05, 0) is 83.5 Å². The maximum absolute atomic E-state index is 13.0. The first kappa shape index (κ1) is 22.4. The number of unbranched alkanes of at least 4 members (excludes halogenated alkanes) is 2. The lowest BCUT2D eigenvalue weighted by Gasteiger charge is -2.54. The topological polar surface area (TPSA) is 47.6 Å². The van der Waals surface area contributed by atoms with Crippen molar-refractivity contribution < 1.29 is 14.3 Å². The van der Waals surface area contributed by atoms with E-state index in [0.717, 1.165) is 56.4 Å². The number of allylic oxidation sites excluding steroid dienone is 2. The fourth-order valence-electron chi connectivity index (χ4n) is 5.55. The normalized spacial score (nSPS) is 28.9. The van der Waals surface area contributed by atoms with Crippen molar-refractivity contribution in [1.82, 2.24) is 5.32 Å². The molecule has 1 aromatic carbocycles. The van der Waals surface area contributed by atoms with E-state index in [2.05, 4.69) is 58.1 Å². The third-order valence-corrected chi connectivity index (χ3v) is 8.02. The Hall–Kier alpha value is -1.81. The number of hydrogen-bond donors (Lipinski definition) is 1. The summed E-state index contributed by atoms with van der Waals surface area (Å²) in [6.45, 7) is 12.1. The Labute approximate surface area is 187 Å². The van der Waals surface area contributed by atoms with Gasteiger partial charge in [-0.3, -0.25) is 0 Å². The lowest BCUT2D eigenvalue weighted by Crippen LogP contribution is -2.53. The maximum atomic E-state index is 13.0. The minimum atomic E-state index is -0.293. The Kier molecular flexibility index (Phi) is 6.22. The van der Waals surface area contributed by atoms with Gasteiger partial charge < -0.3 is 14.8 Å². The molecule has 3 aliphatic rings. The summed E-state index contributed by atoms with van der Waals surface area (Å²) in [6.07, 6.45) is 10.9. The van der Waals surface area contributed by atoms with E-state index in [-0.39, 0.29) is 28.9 Å². The summed E-state index contributed by atoms with van der Waals surface area (Å²) in [7, 11) is 0. The van der Waals surface area contributed by atoms with Crippen LogP contribution in [0.4, 0.5) is 0 Å². The van der Waals surface area contributed by atoms with Crippen LogP contribution in [0.25, 0.3) is 0 Å². The lowest BCUT2D eigenvalue weighted by atomic mass is 9.57. The van der Waals surface area contributed by atoms with Gasteiger partial charge in [0, 0.05) is 16.9 Å². The molecule has 1 aromatic rings. The van der Waals surface area contributed by atoms with E-state index < -0.39 is 0 Å². The number of esters is 1. The highest BCUT2D eigenvalue weighted by Crippen LogP contribution is 2.60. The number of rotatable bonds is 6. The Balaban J connectivity index is 1.78. The molecule has 1 aliphatic carbocycles. The molecule has 0 spiro atoms. The summed E-state index contributed by atoms with van der Waals surface area (Å²) < 4.78 is 12.8. The molecule has 2 aliphatic heterocycles. The third-order valence-electron chi connectivity index (χ3n) is 8.02. The zero-order chi connectivity index (χ0) is 22.2. The molecule has 0 amide bonds. The number of aryl methyl sites for hydroxylation is 1. The summed E-state index contributed by atoms with van der Waals surface area (Å²) in [5.74, 6) is 1.63. The lowest BCUT2D eigenvalue weighted by molar-refractivity contribution is -0.136. The summed E-state index contributed by atoms with van der Waals surface area (Å²) in [5.41, 5.74) is 3.33. The molecule has 2 heterocycles. The van der Waals surface area contributed by atoms with Gasteiger partial charge >= 0.3 is 5.97 Å². The van der Waals surface area contributed by atoms with Gasteiger partial charge in [-0.2, -0.15) is 0 Å².